The number of pyridine rings is 1. The molecule has 40 heavy (non-hydrogen) atoms. The van der Waals surface area contributed by atoms with Crippen LogP contribution in [0.25, 0.3) is 0 Å². The van der Waals surface area contributed by atoms with E-state index in [1.165, 1.54) is 24.8 Å². The number of thiophene rings is 1. The van der Waals surface area contributed by atoms with Crippen molar-refractivity contribution in [2.75, 3.05) is 36.2 Å². The smallest absolute Gasteiger partial charge is 0.274 e. The molecule has 3 heterocycles. The molecule has 2 saturated carbocycles. The lowest BCUT2D eigenvalue weighted by molar-refractivity contribution is 0.0711. The molecule has 8 heteroatoms. The van der Waals surface area contributed by atoms with Crippen LogP contribution in [0.1, 0.15) is 64.3 Å². The van der Waals surface area contributed by atoms with Gasteiger partial charge in [-0.15, -0.1) is 11.3 Å². The number of carbonyl (C=O) groups is 2. The van der Waals surface area contributed by atoms with Crippen molar-refractivity contribution in [1.29, 1.82) is 0 Å². The van der Waals surface area contributed by atoms with Gasteiger partial charge in [-0.05, 0) is 72.2 Å². The fourth-order valence-electron chi connectivity index (χ4n) is 6.52. The third-order valence-electron chi connectivity index (χ3n) is 8.47. The summed E-state index contributed by atoms with van der Waals surface area (Å²) in [6, 6.07) is 14.2. The number of rotatable bonds is 10. The molecule has 1 aliphatic heterocycles. The van der Waals surface area contributed by atoms with Crippen molar-refractivity contribution >= 4 is 35.0 Å². The van der Waals surface area contributed by atoms with E-state index in [0.717, 1.165) is 42.2 Å². The lowest BCUT2D eigenvalue weighted by atomic mass is 9.99. The van der Waals surface area contributed by atoms with Gasteiger partial charge in [0.1, 0.15) is 12.1 Å². The number of anilines is 2. The Morgan fingerprint density at radius 3 is 2.60 bits per heavy atom. The number of fused-ring (bicyclic) bond motifs is 1. The summed E-state index contributed by atoms with van der Waals surface area (Å²) < 4.78 is 5.49. The molecule has 0 spiro atoms. The van der Waals surface area contributed by atoms with E-state index in [1.807, 2.05) is 35.3 Å². The minimum absolute atomic E-state index is 0.0635. The number of nitrogens with zero attached hydrogens (tertiary/aromatic N) is 4. The number of aromatic nitrogens is 1. The van der Waals surface area contributed by atoms with Crippen LogP contribution in [0.5, 0.6) is 0 Å². The zero-order valence-electron chi connectivity index (χ0n) is 23.4. The molecule has 3 aliphatic rings. The fourth-order valence-corrected chi connectivity index (χ4v) is 7.20. The third-order valence-corrected chi connectivity index (χ3v) is 9.34. The van der Waals surface area contributed by atoms with E-state index < -0.39 is 0 Å². The second kappa shape index (κ2) is 11.7. The Balaban J connectivity index is 1.40. The van der Waals surface area contributed by atoms with Gasteiger partial charge in [0.05, 0.1) is 37.1 Å². The monoisotopic (exact) mass is 558 g/mol. The lowest BCUT2D eigenvalue weighted by Gasteiger charge is -2.39. The second-order valence-electron chi connectivity index (χ2n) is 11.6. The summed E-state index contributed by atoms with van der Waals surface area (Å²) in [5, 5.41) is 6.27. The lowest BCUT2D eigenvalue weighted by Crippen LogP contribution is -2.49. The highest BCUT2D eigenvalue weighted by Crippen LogP contribution is 2.56. The Bertz CT molecular complexity index is 1310. The Hall–Kier alpha value is -3.23. The third kappa shape index (κ3) is 5.52. The Labute approximate surface area is 240 Å². The summed E-state index contributed by atoms with van der Waals surface area (Å²) in [5.41, 5.74) is 3.37. The van der Waals surface area contributed by atoms with Gasteiger partial charge < -0.3 is 9.64 Å². The first-order chi connectivity index (χ1) is 19.5. The van der Waals surface area contributed by atoms with Crippen LogP contribution in [0.2, 0.25) is 0 Å². The maximum Gasteiger partial charge on any atom is 0.274 e. The first kappa shape index (κ1) is 27.0. The molecular formula is C32H38N4O3S. The number of ether oxygens (including phenoxy) is 1. The number of hydrogen-bond donors (Lipinski definition) is 0. The minimum atomic E-state index is -0.0635. The van der Waals surface area contributed by atoms with Crippen LogP contribution in [0.3, 0.4) is 0 Å². The maximum absolute atomic E-state index is 14.5. The second-order valence-corrected chi connectivity index (χ2v) is 12.7. The minimum Gasteiger partial charge on any atom is -0.378 e. The standard InChI is InChI=1S/C32H38N4O3S/c1-22(2)17-24-9-8-23(21-37)18-29(24)36(31-27-6-3-7-28(27)31)35(20-26-5-4-16-40-26)32(38)25-10-11-30(33-19-25)34-12-14-39-15-13-34/h4-5,8-11,16,18-19,21-22,27-28,31H,3,6-7,12-15,17,20H2,1-2H3. The average Bonchev–Trinajstić information content (AvgIpc) is 3.34. The van der Waals surface area contributed by atoms with Crippen LogP contribution >= 0.6 is 11.3 Å². The number of carbonyl (C=O) groups excluding carboxylic acids is 2. The average molecular weight is 559 g/mol. The largest absolute Gasteiger partial charge is 0.378 e. The Morgan fingerprint density at radius 2 is 1.95 bits per heavy atom. The summed E-state index contributed by atoms with van der Waals surface area (Å²) in [6.07, 6.45) is 7.14. The number of hydrazine groups is 1. The van der Waals surface area contributed by atoms with E-state index in [1.54, 1.807) is 17.5 Å². The van der Waals surface area contributed by atoms with Gasteiger partial charge in [-0.3, -0.25) is 14.6 Å². The van der Waals surface area contributed by atoms with Crippen LogP contribution in [-0.4, -0.2) is 54.5 Å². The van der Waals surface area contributed by atoms with Crippen LogP contribution in [0.4, 0.5) is 11.5 Å². The van der Waals surface area contributed by atoms with E-state index in [0.29, 0.717) is 48.6 Å². The van der Waals surface area contributed by atoms with Crippen molar-refractivity contribution < 1.29 is 14.3 Å². The highest BCUT2D eigenvalue weighted by Gasteiger charge is 2.58. The van der Waals surface area contributed by atoms with Gasteiger partial charge in [0.2, 0.25) is 0 Å². The van der Waals surface area contributed by atoms with Gasteiger partial charge in [-0.25, -0.2) is 9.99 Å². The van der Waals surface area contributed by atoms with E-state index in [-0.39, 0.29) is 11.9 Å². The van der Waals surface area contributed by atoms with Crippen LogP contribution in [0, 0.1) is 17.8 Å². The van der Waals surface area contributed by atoms with Crippen molar-refractivity contribution in [3.8, 4) is 0 Å². The number of amides is 1. The normalized spacial score (nSPS) is 21.8. The molecule has 0 bridgehead atoms. The quantitative estimate of drug-likeness (QED) is 0.230. The number of morpholine rings is 1. The summed E-state index contributed by atoms with van der Waals surface area (Å²) >= 11 is 1.66. The summed E-state index contributed by atoms with van der Waals surface area (Å²) in [5.74, 6) is 2.40. The molecule has 3 aromatic rings. The molecule has 2 aromatic heterocycles. The molecule has 2 atom stereocenters. The van der Waals surface area contributed by atoms with E-state index in [2.05, 4.69) is 41.3 Å². The van der Waals surface area contributed by atoms with Crippen molar-refractivity contribution in [2.45, 2.75) is 52.1 Å². The fraction of sp³-hybridized carbons (Fsp3) is 0.469. The first-order valence-electron chi connectivity index (χ1n) is 14.5. The molecule has 3 fully saturated rings. The molecule has 7 nitrogen and oxygen atoms in total. The van der Waals surface area contributed by atoms with Gasteiger partial charge in [0.25, 0.3) is 5.91 Å². The zero-order valence-corrected chi connectivity index (χ0v) is 24.2. The topological polar surface area (TPSA) is 66.0 Å². The summed E-state index contributed by atoms with van der Waals surface area (Å²) in [4.78, 5) is 34.4. The van der Waals surface area contributed by atoms with Gasteiger partial charge in [-0.2, -0.15) is 0 Å². The Morgan fingerprint density at radius 1 is 1.15 bits per heavy atom. The van der Waals surface area contributed by atoms with E-state index >= 15 is 0 Å². The van der Waals surface area contributed by atoms with Crippen molar-refractivity contribution in [2.24, 2.45) is 17.8 Å². The van der Waals surface area contributed by atoms with Crippen LogP contribution < -0.4 is 9.91 Å². The predicted molar refractivity (Wildman–Crippen MR) is 159 cm³/mol. The van der Waals surface area contributed by atoms with Gasteiger partial charge >= 0.3 is 0 Å². The molecule has 6 rings (SSSR count). The highest BCUT2D eigenvalue weighted by atomic mass is 32.1. The van der Waals surface area contributed by atoms with Crippen LogP contribution in [-0.2, 0) is 17.7 Å². The molecule has 1 saturated heterocycles. The van der Waals surface area contributed by atoms with Crippen molar-refractivity contribution in [1.82, 2.24) is 9.99 Å². The van der Waals surface area contributed by atoms with E-state index in [9.17, 15) is 9.59 Å². The molecular weight excluding hydrogens is 520 g/mol. The first-order valence-corrected chi connectivity index (χ1v) is 15.4. The highest BCUT2D eigenvalue weighted by molar-refractivity contribution is 7.09. The van der Waals surface area contributed by atoms with Gasteiger partial charge in [0, 0.05) is 29.7 Å². The molecule has 2 unspecified atom stereocenters. The zero-order chi connectivity index (χ0) is 27.6. The van der Waals surface area contributed by atoms with E-state index in [4.69, 9.17) is 9.72 Å². The van der Waals surface area contributed by atoms with Gasteiger partial charge in [-0.1, -0.05) is 38.5 Å². The van der Waals surface area contributed by atoms with Crippen molar-refractivity contribution in [3.63, 3.8) is 0 Å². The van der Waals surface area contributed by atoms with Crippen molar-refractivity contribution in [3.05, 3.63) is 75.6 Å². The number of hydrogen-bond acceptors (Lipinski definition) is 7. The van der Waals surface area contributed by atoms with Gasteiger partial charge in [0.15, 0.2) is 0 Å². The molecule has 2 aliphatic carbocycles. The predicted octanol–water partition coefficient (Wildman–Crippen LogP) is 5.85. The molecule has 0 radical (unpaired) electrons. The number of benzene rings is 1. The Kier molecular flexibility index (Phi) is 7.89. The summed E-state index contributed by atoms with van der Waals surface area (Å²) in [7, 11) is 0. The molecule has 1 aromatic carbocycles. The maximum atomic E-state index is 14.5. The van der Waals surface area contributed by atoms with Crippen LogP contribution in [0.15, 0.2) is 54.0 Å². The SMILES string of the molecule is CC(C)Cc1ccc(C=O)cc1N(C1C2CCCC21)N(Cc1cccs1)C(=O)c1ccc(N2CCOCC2)nc1. The molecule has 1 amide bonds. The molecule has 210 valence electrons. The summed E-state index contributed by atoms with van der Waals surface area (Å²) in [6.45, 7) is 7.88. The number of aldehydes is 1. The molecule has 0 N–H and O–H groups in total.